The van der Waals surface area contributed by atoms with E-state index in [0.29, 0.717) is 80.8 Å². The van der Waals surface area contributed by atoms with E-state index in [4.69, 9.17) is 63.9 Å². The van der Waals surface area contributed by atoms with Crippen LogP contribution in [0, 0.1) is 11.6 Å². The van der Waals surface area contributed by atoms with Gasteiger partial charge in [-0.1, -0.05) is 107 Å². The molecule has 4 heterocycles. The molecule has 0 radical (unpaired) electrons. The van der Waals surface area contributed by atoms with E-state index < -0.39 is 59.1 Å². The Morgan fingerprint density at radius 1 is 0.465 bits per heavy atom. The molecule has 5 fully saturated rings. The van der Waals surface area contributed by atoms with Crippen LogP contribution in [0.2, 0.25) is 0 Å². The Labute approximate surface area is 734 Å². The number of nitrogens with zero attached hydrogens (tertiary/aromatic N) is 11. The SMILES string of the molecule is CCOC(=O)CBr.CCOC(=O)CN(C(=O)Cn1nc(C(N)=O)c2ccccc21)C1CC1.CCOC(=O)CNC1CC1.COc1cccc(NC(=O)CN(C(=O)Cn2nc(C(N)=O)c3ccccc32)C2CC2)c1F.NC(=O)c1nn(CC(=O)N(CC(=O)O)C2CC2)c2ccccc12.NC(=O)c1nn(CC(=O)O)c2ccccc12.NC1CC1.Nc1cccc(CO)c1F. The van der Waals surface area contributed by atoms with Crippen molar-refractivity contribution in [2.45, 2.75) is 148 Å². The second kappa shape index (κ2) is 47.8. The molecule has 8 amide bonds. The molecule has 17 N–H and O–H groups in total. The summed E-state index contributed by atoms with van der Waals surface area (Å²) in [7, 11) is 1.33. The summed E-state index contributed by atoms with van der Waals surface area (Å²) in [6, 6.07) is 38.0. The van der Waals surface area contributed by atoms with Crippen molar-refractivity contribution in [1.82, 2.24) is 59.1 Å². The number of amides is 8. The number of carboxylic acid groups (broad SMARTS) is 2. The summed E-state index contributed by atoms with van der Waals surface area (Å²) in [6.45, 7) is 5.31. The topological polar surface area (TPSA) is 581 Å². The molecule has 5 aliphatic rings. The van der Waals surface area contributed by atoms with Crippen molar-refractivity contribution in [3.05, 3.63) is 173 Å². The highest BCUT2D eigenvalue weighted by atomic mass is 79.9. The van der Waals surface area contributed by atoms with Gasteiger partial charge < -0.3 is 94.0 Å². The number of aliphatic hydroxyl groups is 1. The van der Waals surface area contributed by atoms with Gasteiger partial charge in [-0.25, -0.2) is 8.78 Å². The van der Waals surface area contributed by atoms with Crippen LogP contribution >= 0.6 is 15.9 Å². The summed E-state index contributed by atoms with van der Waals surface area (Å²) in [4.78, 5) is 155. The number of para-hydroxylation sites is 4. The van der Waals surface area contributed by atoms with Crippen LogP contribution in [0.15, 0.2) is 133 Å². The fourth-order valence-corrected chi connectivity index (χ4v) is 12.4. The van der Waals surface area contributed by atoms with Gasteiger partial charge in [-0.3, -0.25) is 81.1 Å². The molecule has 0 atom stereocenters. The van der Waals surface area contributed by atoms with Crippen molar-refractivity contribution in [3.63, 3.8) is 0 Å². The number of anilines is 2. The predicted octanol–water partition coefficient (Wildman–Crippen LogP) is 5.29. The molecule has 42 heteroatoms. The first-order chi connectivity index (χ1) is 60.7. The number of benzene rings is 6. The van der Waals surface area contributed by atoms with E-state index in [2.05, 4.69) is 51.7 Å². The van der Waals surface area contributed by atoms with Crippen molar-refractivity contribution in [1.29, 1.82) is 0 Å². The average Bonchev–Trinajstić information content (AvgIpc) is 1.65. The average molecular weight is 1830 g/mol. The molecule has 0 spiro atoms. The lowest BCUT2D eigenvalue weighted by Crippen LogP contribution is -2.41. The normalized spacial score (nSPS) is 13.2. The van der Waals surface area contributed by atoms with E-state index in [1.165, 1.54) is 90.5 Å². The monoisotopic (exact) mass is 1830 g/mol. The maximum Gasteiger partial charge on any atom is 0.325 e. The first-order valence-corrected chi connectivity index (χ1v) is 41.5. The van der Waals surface area contributed by atoms with E-state index in [0.717, 1.165) is 38.5 Å². The molecule has 0 unspecified atom stereocenters. The van der Waals surface area contributed by atoms with E-state index in [-0.39, 0.29) is 152 Å². The molecule has 0 bridgehead atoms. The van der Waals surface area contributed by atoms with Crippen molar-refractivity contribution >= 4 is 148 Å². The molecule has 10 aromatic rings. The number of hydrogen-bond donors (Lipinski definition) is 11. The molecule has 127 heavy (non-hydrogen) atoms. The first-order valence-electron chi connectivity index (χ1n) is 40.4. The summed E-state index contributed by atoms with van der Waals surface area (Å²) in [5, 5.41) is 50.7. The number of nitrogens with two attached hydrogens (primary N) is 6. The van der Waals surface area contributed by atoms with Gasteiger partial charge in [0.2, 0.25) is 23.6 Å². The molecule has 6 aromatic carbocycles. The van der Waals surface area contributed by atoms with Crippen LogP contribution in [0.3, 0.4) is 0 Å². The summed E-state index contributed by atoms with van der Waals surface area (Å²) >= 11 is 2.94. The Kier molecular flexibility index (Phi) is 37.1. The van der Waals surface area contributed by atoms with Gasteiger partial charge in [0.25, 0.3) is 23.6 Å². The van der Waals surface area contributed by atoms with Crippen molar-refractivity contribution in [2.24, 2.45) is 28.7 Å². The number of methoxy groups -OCH3 is 1. The Balaban J connectivity index is 0.000000191. The van der Waals surface area contributed by atoms with Crippen LogP contribution in [0.1, 0.15) is 132 Å². The number of aromatic nitrogens is 8. The maximum absolute atomic E-state index is 14.3. The van der Waals surface area contributed by atoms with E-state index >= 15 is 0 Å². The zero-order chi connectivity index (χ0) is 92.7. The maximum atomic E-state index is 14.3. The number of alkyl halides is 1. The minimum atomic E-state index is -1.05. The number of carbonyl (C=O) groups is 13. The standard InChI is InChI=1S/C22H22FN5O4.C17H20N4O4.C15H16N4O4.C10H9N3O3.C7H8FNO.C7H13NO2.C4H7BrO2.C3H7N/c1-32-17-8-4-6-15(20(17)23)25-18(29)11-27(13-9-10-13)19(30)12-28-16-7-3-2-5-14(16)21(26-28)22(24)31;1-2-25-15(23)10-20(11-7-8-11)14(22)9-21-13-6-4-3-5-12(13)16(19-21)17(18)24;16-15(23)14-10-3-1-2-4-11(10)19(17-14)7-12(20)18(8-13(21)22)9-5-6-9;11-10(16)9-6-3-1-2-4-7(6)13(12-9)5-8(14)15;8-7-5(4-10)2-1-3-6(7)9;1-2-10-7(9)5-8-6-3-4-6;1-2-7-4(6)3-5;4-3-1-2-3/h2-8,13H,9-12H2,1H3,(H2,24,31)(H,25,29);3-6,11H,2,7-10H2,1H3,(H2,18,24);1-4,9H,5-8H2,(H2,16,23)(H,21,22);1-4H,5H2,(H2,11,16)(H,14,15);1-3,10H,4,9H2;6,8H,2-5H2,1H3;2-3H2,1H3;3H,1-2,4H2. The second-order valence-corrected chi connectivity index (χ2v) is 29.5. The lowest BCUT2D eigenvalue weighted by Gasteiger charge is -2.22. The number of hydrogen-bond acceptors (Lipinski definition) is 25. The van der Waals surface area contributed by atoms with Gasteiger partial charge in [0.1, 0.15) is 51.1 Å². The van der Waals surface area contributed by atoms with Crippen LogP contribution in [-0.4, -0.2) is 235 Å². The Bertz CT molecular complexity index is 5590. The molecule has 0 aliphatic heterocycles. The number of carbonyl (C=O) groups excluding carboxylic acids is 11. The number of esters is 3. The zero-order valence-electron chi connectivity index (χ0n) is 70.2. The predicted molar refractivity (Wildman–Crippen MR) is 463 cm³/mol. The fraction of sp³-hybridized carbons (Fsp3) is 0.376. The van der Waals surface area contributed by atoms with E-state index in [1.807, 2.05) is 6.92 Å². The molecule has 5 saturated carbocycles. The lowest BCUT2D eigenvalue weighted by molar-refractivity contribution is -0.149. The number of primary amides is 4. The van der Waals surface area contributed by atoms with Crippen molar-refractivity contribution in [3.8, 4) is 5.75 Å². The number of ether oxygens (including phenoxy) is 4. The summed E-state index contributed by atoms with van der Waals surface area (Å²) in [5.41, 5.74) is 34.8. The zero-order valence-corrected chi connectivity index (χ0v) is 71.7. The third-order valence-electron chi connectivity index (χ3n) is 19.0. The summed E-state index contributed by atoms with van der Waals surface area (Å²) in [6.07, 6.45) is 9.86. The second-order valence-electron chi connectivity index (χ2n) is 29.0. The molecule has 5 aliphatic carbocycles. The van der Waals surface area contributed by atoms with Gasteiger partial charge >= 0.3 is 29.8 Å². The van der Waals surface area contributed by atoms with Crippen molar-refractivity contribution in [2.75, 3.05) is 69.5 Å². The lowest BCUT2D eigenvalue weighted by atomic mass is 10.2. The fourth-order valence-electron chi connectivity index (χ4n) is 12.3. The first kappa shape index (κ1) is 98.6. The number of carboxylic acids is 2. The van der Waals surface area contributed by atoms with Crippen LogP contribution < -0.4 is 49.8 Å². The number of rotatable bonds is 31. The van der Waals surface area contributed by atoms with Crippen LogP contribution in [0.5, 0.6) is 5.75 Å². The summed E-state index contributed by atoms with van der Waals surface area (Å²) < 4.78 is 51.6. The van der Waals surface area contributed by atoms with E-state index in [9.17, 15) is 71.1 Å². The minimum absolute atomic E-state index is 0.00809. The van der Waals surface area contributed by atoms with Crippen LogP contribution in [-0.2, 0) is 90.1 Å². The van der Waals surface area contributed by atoms with E-state index in [1.54, 1.807) is 123 Å². The van der Waals surface area contributed by atoms with Crippen LogP contribution in [0.25, 0.3) is 43.6 Å². The van der Waals surface area contributed by atoms with Crippen molar-refractivity contribution < 1.29 is 105 Å². The van der Waals surface area contributed by atoms with Gasteiger partial charge in [-0.15, -0.1) is 0 Å². The molecule has 4 aromatic heterocycles. The number of nitrogen functional groups attached to an aromatic ring is 1. The number of nitrogens with one attached hydrogen (secondary N) is 2. The Morgan fingerprint density at radius 3 is 1.15 bits per heavy atom. The Hall–Kier alpha value is -13.9. The smallest absolute Gasteiger partial charge is 0.325 e. The largest absolute Gasteiger partial charge is 0.494 e. The molecule has 15 rings (SSSR count). The minimum Gasteiger partial charge on any atom is -0.494 e. The molecule has 0 saturated heterocycles. The molecular weight excluding hydrogens is 1720 g/mol. The summed E-state index contributed by atoms with van der Waals surface area (Å²) in [5.74, 6) is -8.15. The number of aliphatic carboxylic acids is 2. The Morgan fingerprint density at radius 2 is 0.827 bits per heavy atom. The number of halogens is 3. The third-order valence-corrected chi connectivity index (χ3v) is 19.5. The highest BCUT2D eigenvalue weighted by molar-refractivity contribution is 9.09. The quantitative estimate of drug-likeness (QED) is 0.0114. The molecule has 678 valence electrons. The molecular formula is C85H102BrF2N19O20. The number of aliphatic hydroxyl groups excluding tert-OH is 1. The van der Waals surface area contributed by atoms with Gasteiger partial charge in [-0.2, -0.15) is 20.4 Å². The number of fused-ring (bicyclic) bond motifs is 4. The van der Waals surface area contributed by atoms with Gasteiger partial charge in [-0.05, 0) is 127 Å². The molecule has 39 nitrogen and oxygen atoms in total. The van der Waals surface area contributed by atoms with Gasteiger partial charge in [0.15, 0.2) is 40.2 Å². The van der Waals surface area contributed by atoms with Gasteiger partial charge in [0.05, 0.1) is 73.5 Å². The third kappa shape index (κ3) is 29.9. The van der Waals surface area contributed by atoms with Gasteiger partial charge in [0, 0.05) is 57.3 Å². The van der Waals surface area contributed by atoms with Crippen LogP contribution in [0.4, 0.5) is 20.2 Å². The highest BCUT2D eigenvalue weighted by Gasteiger charge is 2.38. The highest BCUT2D eigenvalue weighted by Crippen LogP contribution is 2.32.